The Kier molecular flexibility index (Phi) is 5.69. The third-order valence-electron chi connectivity index (χ3n) is 3.93. The minimum atomic E-state index is 0.0466. The van der Waals surface area contributed by atoms with Crippen LogP contribution in [0.5, 0.6) is 0 Å². The van der Waals surface area contributed by atoms with Crippen LogP contribution in [-0.2, 0) is 0 Å². The molecule has 1 fully saturated rings. The van der Waals surface area contributed by atoms with Crippen molar-refractivity contribution in [3.63, 3.8) is 0 Å². The molecule has 0 heterocycles. The zero-order valence-electron chi connectivity index (χ0n) is 11.1. The number of hydrogen-bond acceptors (Lipinski definition) is 1. The van der Waals surface area contributed by atoms with Gasteiger partial charge in [0.05, 0.1) is 5.56 Å². The van der Waals surface area contributed by atoms with Crippen molar-refractivity contribution in [1.29, 1.82) is 0 Å². The summed E-state index contributed by atoms with van der Waals surface area (Å²) in [5, 5.41) is 3.18. The van der Waals surface area contributed by atoms with Gasteiger partial charge in [-0.15, -0.1) is 0 Å². The summed E-state index contributed by atoms with van der Waals surface area (Å²) in [5.41, 5.74) is 0.740. The molecule has 1 N–H and O–H groups in total. The predicted molar refractivity (Wildman–Crippen MR) is 90.4 cm³/mol. The first-order chi connectivity index (χ1) is 9.10. The van der Waals surface area contributed by atoms with Crippen molar-refractivity contribution >= 4 is 44.4 Å². The van der Waals surface area contributed by atoms with Crippen LogP contribution in [0.4, 0.5) is 0 Å². The number of amides is 1. The molecule has 1 aliphatic rings. The van der Waals surface area contributed by atoms with E-state index in [0.717, 1.165) is 32.4 Å². The van der Waals surface area contributed by atoms with Crippen LogP contribution >= 0.6 is 38.5 Å². The van der Waals surface area contributed by atoms with E-state index in [1.54, 1.807) is 0 Å². The molecule has 0 saturated heterocycles. The van der Waals surface area contributed by atoms with E-state index in [2.05, 4.69) is 50.8 Å². The van der Waals surface area contributed by atoms with E-state index in [1.165, 1.54) is 19.3 Å². The van der Waals surface area contributed by atoms with Crippen LogP contribution in [0.3, 0.4) is 0 Å². The van der Waals surface area contributed by atoms with Crippen LogP contribution in [0.25, 0.3) is 0 Å². The summed E-state index contributed by atoms with van der Waals surface area (Å²) in [4.78, 5) is 12.3. The van der Waals surface area contributed by atoms with Gasteiger partial charge in [-0.3, -0.25) is 4.79 Å². The second-order valence-corrected chi connectivity index (χ2v) is 7.32. The normalized spacial score (nSPS) is 23.1. The largest absolute Gasteiger partial charge is 0.349 e. The van der Waals surface area contributed by atoms with Gasteiger partial charge in [0.2, 0.25) is 0 Å². The molecule has 0 bridgehead atoms. The smallest absolute Gasteiger partial charge is 0.252 e. The van der Waals surface area contributed by atoms with Gasteiger partial charge in [0.25, 0.3) is 5.91 Å². The first kappa shape index (κ1) is 15.3. The molecule has 1 saturated carbocycles. The Hall–Kier alpha value is -0.100. The van der Waals surface area contributed by atoms with Crippen molar-refractivity contribution in [2.75, 3.05) is 0 Å². The van der Waals surface area contributed by atoms with Gasteiger partial charge in [0.1, 0.15) is 0 Å². The van der Waals surface area contributed by atoms with Crippen molar-refractivity contribution in [1.82, 2.24) is 5.32 Å². The molecule has 104 valence electrons. The Morgan fingerprint density at radius 2 is 2.05 bits per heavy atom. The molecule has 4 heteroatoms. The lowest BCUT2D eigenvalue weighted by atomic mass is 9.84. The standard InChI is InChI=1S/C15H19BrINO/c1-2-10-3-6-12(7-4-10)18-15(19)13-9-11(17)5-8-14(13)16/h5,8-10,12H,2-4,6-7H2,1H3,(H,18,19). The highest BCUT2D eigenvalue weighted by atomic mass is 127. The van der Waals surface area contributed by atoms with Gasteiger partial charge < -0.3 is 5.32 Å². The van der Waals surface area contributed by atoms with E-state index in [-0.39, 0.29) is 5.91 Å². The highest BCUT2D eigenvalue weighted by Crippen LogP contribution is 2.27. The van der Waals surface area contributed by atoms with E-state index in [4.69, 9.17) is 0 Å². The Balaban J connectivity index is 1.96. The van der Waals surface area contributed by atoms with Gasteiger partial charge in [0, 0.05) is 14.1 Å². The minimum Gasteiger partial charge on any atom is -0.349 e. The molecule has 0 atom stereocenters. The summed E-state index contributed by atoms with van der Waals surface area (Å²) in [5.74, 6) is 0.905. The summed E-state index contributed by atoms with van der Waals surface area (Å²) in [7, 11) is 0. The monoisotopic (exact) mass is 435 g/mol. The molecule has 0 aliphatic heterocycles. The fraction of sp³-hybridized carbons (Fsp3) is 0.533. The maximum atomic E-state index is 12.3. The number of carbonyl (C=O) groups is 1. The first-order valence-electron chi connectivity index (χ1n) is 6.86. The number of benzene rings is 1. The molecule has 0 radical (unpaired) electrons. The van der Waals surface area contributed by atoms with Crippen LogP contribution in [0.1, 0.15) is 49.4 Å². The fourth-order valence-corrected chi connectivity index (χ4v) is 3.57. The van der Waals surface area contributed by atoms with Gasteiger partial charge in [-0.05, 0) is 88.3 Å². The molecule has 1 aliphatic carbocycles. The van der Waals surface area contributed by atoms with E-state index in [1.807, 2.05) is 18.2 Å². The molecule has 1 aromatic rings. The number of carbonyl (C=O) groups excluding carboxylic acids is 1. The molecule has 2 rings (SSSR count). The molecular formula is C15H19BrINO. The Morgan fingerprint density at radius 1 is 1.37 bits per heavy atom. The van der Waals surface area contributed by atoms with Crippen molar-refractivity contribution in [2.24, 2.45) is 5.92 Å². The second kappa shape index (κ2) is 7.07. The van der Waals surface area contributed by atoms with Crippen molar-refractivity contribution in [3.05, 3.63) is 31.8 Å². The Bertz CT molecular complexity index is 455. The fourth-order valence-electron chi connectivity index (χ4n) is 2.65. The van der Waals surface area contributed by atoms with Crippen molar-refractivity contribution in [2.45, 2.75) is 45.1 Å². The van der Waals surface area contributed by atoms with Gasteiger partial charge >= 0.3 is 0 Å². The maximum Gasteiger partial charge on any atom is 0.252 e. The molecule has 1 aromatic carbocycles. The van der Waals surface area contributed by atoms with Gasteiger partial charge in [-0.1, -0.05) is 13.3 Å². The molecule has 2 nitrogen and oxygen atoms in total. The van der Waals surface area contributed by atoms with E-state index < -0.39 is 0 Å². The summed E-state index contributed by atoms with van der Waals surface area (Å²) >= 11 is 5.69. The van der Waals surface area contributed by atoms with Crippen LogP contribution in [0.2, 0.25) is 0 Å². The minimum absolute atomic E-state index is 0.0466. The summed E-state index contributed by atoms with van der Waals surface area (Å²) in [6, 6.07) is 6.20. The van der Waals surface area contributed by atoms with Crippen LogP contribution in [0.15, 0.2) is 22.7 Å². The third kappa shape index (κ3) is 4.18. The number of nitrogens with one attached hydrogen (secondary N) is 1. The Morgan fingerprint density at radius 3 is 2.68 bits per heavy atom. The maximum absolute atomic E-state index is 12.3. The quantitative estimate of drug-likeness (QED) is 0.681. The topological polar surface area (TPSA) is 29.1 Å². The zero-order chi connectivity index (χ0) is 13.8. The molecular weight excluding hydrogens is 417 g/mol. The summed E-state index contributed by atoms with van der Waals surface area (Å²) < 4.78 is 1.95. The average Bonchev–Trinajstić information content (AvgIpc) is 2.42. The van der Waals surface area contributed by atoms with Crippen LogP contribution in [-0.4, -0.2) is 11.9 Å². The highest BCUT2D eigenvalue weighted by Gasteiger charge is 2.22. The zero-order valence-corrected chi connectivity index (χ0v) is 14.8. The molecule has 1 amide bonds. The highest BCUT2D eigenvalue weighted by molar-refractivity contribution is 14.1. The van der Waals surface area contributed by atoms with Gasteiger partial charge in [-0.2, -0.15) is 0 Å². The number of rotatable bonds is 3. The number of hydrogen-bond donors (Lipinski definition) is 1. The molecule has 0 spiro atoms. The molecule has 0 aromatic heterocycles. The summed E-state index contributed by atoms with van der Waals surface area (Å²) in [6.45, 7) is 2.26. The van der Waals surface area contributed by atoms with Gasteiger partial charge in [-0.25, -0.2) is 0 Å². The number of halogens is 2. The summed E-state index contributed by atoms with van der Waals surface area (Å²) in [6.07, 6.45) is 5.99. The lowest BCUT2D eigenvalue weighted by Crippen LogP contribution is -2.37. The van der Waals surface area contributed by atoms with Crippen molar-refractivity contribution in [3.8, 4) is 0 Å². The lowest BCUT2D eigenvalue weighted by Gasteiger charge is -2.28. The Labute approximate surface area is 137 Å². The lowest BCUT2D eigenvalue weighted by molar-refractivity contribution is 0.0921. The van der Waals surface area contributed by atoms with E-state index in [9.17, 15) is 4.79 Å². The van der Waals surface area contributed by atoms with Gasteiger partial charge in [0.15, 0.2) is 0 Å². The third-order valence-corrected chi connectivity index (χ3v) is 5.29. The molecule has 19 heavy (non-hydrogen) atoms. The average molecular weight is 436 g/mol. The van der Waals surface area contributed by atoms with E-state index >= 15 is 0 Å². The second-order valence-electron chi connectivity index (χ2n) is 5.22. The predicted octanol–water partition coefficient (Wildman–Crippen LogP) is 4.75. The molecule has 0 unspecified atom stereocenters. The first-order valence-corrected chi connectivity index (χ1v) is 8.73. The SMILES string of the molecule is CCC1CCC(NC(=O)c2cc(I)ccc2Br)CC1. The van der Waals surface area contributed by atoms with E-state index in [0.29, 0.717) is 6.04 Å². The van der Waals surface area contributed by atoms with Crippen molar-refractivity contribution < 1.29 is 4.79 Å². The van der Waals surface area contributed by atoms with Crippen LogP contribution in [0, 0.1) is 9.49 Å². The van der Waals surface area contributed by atoms with Crippen LogP contribution < -0.4 is 5.32 Å².